The molecule has 0 spiro atoms. The van der Waals surface area contributed by atoms with Gasteiger partial charge in [0.1, 0.15) is 0 Å². The van der Waals surface area contributed by atoms with E-state index >= 15 is 0 Å². The summed E-state index contributed by atoms with van der Waals surface area (Å²) >= 11 is 0. The second-order valence-electron chi connectivity index (χ2n) is 6.57. The predicted octanol–water partition coefficient (Wildman–Crippen LogP) is 2.97. The van der Waals surface area contributed by atoms with Gasteiger partial charge in [0, 0.05) is 26.1 Å². The van der Waals surface area contributed by atoms with E-state index in [-0.39, 0.29) is 12.5 Å². The molecule has 0 amide bonds. The van der Waals surface area contributed by atoms with Gasteiger partial charge in [0.05, 0.1) is 19.8 Å². The first-order valence-electron chi connectivity index (χ1n) is 10.2. The standard InChI is InChI=1S/C23H33N3O3/c1-4-28-21-12-11-18(15-22(21)29-5-2)13-14-25-23(24-3)26-16-20(17-27)19-9-7-6-8-10-19/h6-12,15,20,27H,4-5,13-14,16-17H2,1-3H3,(H2,24,25,26). The summed E-state index contributed by atoms with van der Waals surface area (Å²) in [6, 6.07) is 16.1. The Kier molecular flexibility index (Phi) is 9.86. The Morgan fingerprint density at radius 1 is 1.00 bits per heavy atom. The van der Waals surface area contributed by atoms with Crippen molar-refractivity contribution in [3.63, 3.8) is 0 Å². The highest BCUT2D eigenvalue weighted by Crippen LogP contribution is 2.28. The normalized spacial score (nSPS) is 12.3. The van der Waals surface area contributed by atoms with Crippen LogP contribution in [-0.4, -0.2) is 51.0 Å². The van der Waals surface area contributed by atoms with Gasteiger partial charge in [-0.05, 0) is 43.5 Å². The molecular weight excluding hydrogens is 366 g/mol. The fourth-order valence-corrected chi connectivity index (χ4v) is 3.03. The molecule has 1 atom stereocenters. The van der Waals surface area contributed by atoms with E-state index in [0.29, 0.717) is 19.8 Å². The van der Waals surface area contributed by atoms with Crippen molar-refractivity contribution in [3.05, 3.63) is 59.7 Å². The third kappa shape index (κ3) is 7.31. The smallest absolute Gasteiger partial charge is 0.191 e. The summed E-state index contributed by atoms with van der Waals surface area (Å²) in [6.07, 6.45) is 0.829. The summed E-state index contributed by atoms with van der Waals surface area (Å²) in [7, 11) is 1.75. The van der Waals surface area contributed by atoms with Crippen LogP contribution in [0.5, 0.6) is 11.5 Å². The second kappa shape index (κ2) is 12.7. The third-order valence-corrected chi connectivity index (χ3v) is 4.54. The number of benzene rings is 2. The summed E-state index contributed by atoms with van der Waals surface area (Å²) in [4.78, 5) is 4.27. The summed E-state index contributed by atoms with van der Waals surface area (Å²) < 4.78 is 11.3. The van der Waals surface area contributed by atoms with E-state index in [2.05, 4.69) is 21.7 Å². The highest BCUT2D eigenvalue weighted by atomic mass is 16.5. The molecule has 29 heavy (non-hydrogen) atoms. The van der Waals surface area contributed by atoms with Crippen LogP contribution in [0.4, 0.5) is 0 Å². The second-order valence-corrected chi connectivity index (χ2v) is 6.57. The van der Waals surface area contributed by atoms with Crippen LogP contribution in [0.25, 0.3) is 0 Å². The molecule has 1 unspecified atom stereocenters. The van der Waals surface area contributed by atoms with Crippen molar-refractivity contribution in [1.29, 1.82) is 0 Å². The van der Waals surface area contributed by atoms with Crippen molar-refractivity contribution >= 4 is 5.96 Å². The molecule has 0 bridgehead atoms. The number of hydrogen-bond donors (Lipinski definition) is 3. The average Bonchev–Trinajstić information content (AvgIpc) is 2.75. The largest absolute Gasteiger partial charge is 0.490 e. The SMILES string of the molecule is CCOc1ccc(CCNC(=NC)NCC(CO)c2ccccc2)cc1OCC. The molecule has 0 aliphatic heterocycles. The Morgan fingerprint density at radius 3 is 2.38 bits per heavy atom. The molecule has 6 heteroatoms. The number of aliphatic hydroxyl groups excluding tert-OH is 1. The molecule has 0 fully saturated rings. The van der Waals surface area contributed by atoms with E-state index in [0.717, 1.165) is 41.6 Å². The Morgan fingerprint density at radius 2 is 1.72 bits per heavy atom. The molecule has 0 aromatic heterocycles. The highest BCUT2D eigenvalue weighted by molar-refractivity contribution is 5.79. The predicted molar refractivity (Wildman–Crippen MR) is 118 cm³/mol. The van der Waals surface area contributed by atoms with Gasteiger partial charge in [0.25, 0.3) is 0 Å². The van der Waals surface area contributed by atoms with Crippen LogP contribution in [0.3, 0.4) is 0 Å². The van der Waals surface area contributed by atoms with E-state index in [1.165, 1.54) is 0 Å². The topological polar surface area (TPSA) is 75.1 Å². The molecule has 6 nitrogen and oxygen atoms in total. The van der Waals surface area contributed by atoms with Crippen molar-refractivity contribution in [2.24, 2.45) is 4.99 Å². The summed E-state index contributed by atoms with van der Waals surface area (Å²) in [6.45, 7) is 6.57. The number of aliphatic hydroxyl groups is 1. The first-order valence-corrected chi connectivity index (χ1v) is 10.2. The third-order valence-electron chi connectivity index (χ3n) is 4.54. The number of nitrogens with zero attached hydrogens (tertiary/aromatic N) is 1. The first-order chi connectivity index (χ1) is 14.2. The molecule has 0 heterocycles. The number of ether oxygens (including phenoxy) is 2. The maximum Gasteiger partial charge on any atom is 0.191 e. The van der Waals surface area contributed by atoms with E-state index in [9.17, 15) is 5.11 Å². The number of aliphatic imine (C=N–C) groups is 1. The Labute approximate surface area is 174 Å². The summed E-state index contributed by atoms with van der Waals surface area (Å²) in [5.74, 6) is 2.30. The number of guanidine groups is 1. The molecular formula is C23H33N3O3. The van der Waals surface area contributed by atoms with Crippen molar-refractivity contribution in [2.45, 2.75) is 26.2 Å². The van der Waals surface area contributed by atoms with Crippen LogP contribution >= 0.6 is 0 Å². The molecule has 2 aromatic rings. The van der Waals surface area contributed by atoms with Crippen molar-refractivity contribution in [2.75, 3.05) is 40.0 Å². The Bertz CT molecular complexity index is 750. The number of hydrogen-bond acceptors (Lipinski definition) is 4. The van der Waals surface area contributed by atoms with E-state index in [4.69, 9.17) is 9.47 Å². The van der Waals surface area contributed by atoms with Crippen LogP contribution in [0.2, 0.25) is 0 Å². The van der Waals surface area contributed by atoms with E-state index < -0.39 is 0 Å². The minimum Gasteiger partial charge on any atom is -0.490 e. The first kappa shape index (κ1) is 22.6. The molecule has 0 aliphatic rings. The number of nitrogens with one attached hydrogen (secondary N) is 2. The van der Waals surface area contributed by atoms with Gasteiger partial charge in [-0.25, -0.2) is 0 Å². The van der Waals surface area contributed by atoms with Crippen LogP contribution in [0.1, 0.15) is 30.9 Å². The van der Waals surface area contributed by atoms with Crippen LogP contribution in [-0.2, 0) is 6.42 Å². The maximum absolute atomic E-state index is 9.70. The Balaban J connectivity index is 1.85. The van der Waals surface area contributed by atoms with Gasteiger partial charge >= 0.3 is 0 Å². The zero-order valence-electron chi connectivity index (χ0n) is 17.6. The molecule has 0 saturated carbocycles. The van der Waals surface area contributed by atoms with Crippen molar-refractivity contribution < 1.29 is 14.6 Å². The van der Waals surface area contributed by atoms with Gasteiger partial charge in [-0.3, -0.25) is 4.99 Å². The summed E-state index contributed by atoms with van der Waals surface area (Å²) in [5.41, 5.74) is 2.27. The molecule has 0 radical (unpaired) electrons. The monoisotopic (exact) mass is 399 g/mol. The lowest BCUT2D eigenvalue weighted by Crippen LogP contribution is -2.40. The van der Waals surface area contributed by atoms with Crippen molar-refractivity contribution in [1.82, 2.24) is 10.6 Å². The average molecular weight is 400 g/mol. The minimum absolute atomic E-state index is 0.0228. The Hall–Kier alpha value is -2.73. The fraction of sp³-hybridized carbons (Fsp3) is 0.435. The van der Waals surface area contributed by atoms with Crippen LogP contribution in [0.15, 0.2) is 53.5 Å². The quantitative estimate of drug-likeness (QED) is 0.400. The van der Waals surface area contributed by atoms with E-state index in [1.54, 1.807) is 7.05 Å². The van der Waals surface area contributed by atoms with Crippen LogP contribution < -0.4 is 20.1 Å². The van der Waals surface area contributed by atoms with Crippen LogP contribution in [0, 0.1) is 0 Å². The molecule has 0 aliphatic carbocycles. The van der Waals surface area contributed by atoms with Gasteiger partial charge in [-0.2, -0.15) is 0 Å². The zero-order chi connectivity index (χ0) is 20.9. The van der Waals surface area contributed by atoms with Gasteiger partial charge in [0.2, 0.25) is 0 Å². The summed E-state index contributed by atoms with van der Waals surface area (Å²) in [5, 5.41) is 16.3. The zero-order valence-corrected chi connectivity index (χ0v) is 17.6. The van der Waals surface area contributed by atoms with Gasteiger partial charge in [0.15, 0.2) is 17.5 Å². The molecule has 2 aromatic carbocycles. The molecule has 158 valence electrons. The number of rotatable bonds is 11. The molecule has 0 saturated heterocycles. The maximum atomic E-state index is 9.70. The van der Waals surface area contributed by atoms with Crippen molar-refractivity contribution in [3.8, 4) is 11.5 Å². The van der Waals surface area contributed by atoms with Gasteiger partial charge in [-0.1, -0.05) is 36.4 Å². The lowest BCUT2D eigenvalue weighted by Gasteiger charge is -2.18. The highest BCUT2D eigenvalue weighted by Gasteiger charge is 2.11. The lowest BCUT2D eigenvalue weighted by molar-refractivity contribution is 0.265. The van der Waals surface area contributed by atoms with Gasteiger partial charge < -0.3 is 25.2 Å². The van der Waals surface area contributed by atoms with E-state index in [1.807, 2.05) is 56.3 Å². The molecule has 2 rings (SSSR count). The fourth-order valence-electron chi connectivity index (χ4n) is 3.03. The lowest BCUT2D eigenvalue weighted by atomic mass is 10.0. The minimum atomic E-state index is 0.0228. The molecule has 3 N–H and O–H groups in total. The van der Waals surface area contributed by atoms with Gasteiger partial charge in [-0.15, -0.1) is 0 Å².